The third-order valence-electron chi connectivity index (χ3n) is 2.39. The molecule has 1 N–H and O–H groups in total. The molecule has 0 saturated carbocycles. The maximum Gasteiger partial charge on any atom is 0.254 e. The van der Waals surface area contributed by atoms with E-state index in [4.69, 9.17) is 9.47 Å². The van der Waals surface area contributed by atoms with Gasteiger partial charge in [-0.15, -0.1) is 0 Å². The third-order valence-corrected chi connectivity index (χ3v) is 2.39. The lowest BCUT2D eigenvalue weighted by Gasteiger charge is -2.14. The predicted octanol–water partition coefficient (Wildman–Crippen LogP) is 1.48. The Labute approximate surface area is 99.7 Å². The van der Waals surface area contributed by atoms with Crippen LogP contribution in [0.4, 0.5) is 4.39 Å². The summed E-state index contributed by atoms with van der Waals surface area (Å²) in [6.07, 6.45) is -0.535. The number of carbonyl (C=O) groups is 1. The van der Waals surface area contributed by atoms with Crippen LogP contribution in [-0.2, 0) is 9.47 Å². The van der Waals surface area contributed by atoms with E-state index in [1.54, 1.807) is 19.1 Å². The van der Waals surface area contributed by atoms with Crippen LogP contribution in [0, 0.1) is 12.7 Å². The molecular weight excluding hydrogens is 225 g/mol. The number of aryl methyl sites for hydroxylation is 1. The summed E-state index contributed by atoms with van der Waals surface area (Å²) in [5.74, 6) is -0.985. The van der Waals surface area contributed by atoms with Crippen molar-refractivity contribution in [1.29, 1.82) is 0 Å². The number of rotatable bonds is 5. The molecule has 0 atom stereocenters. The second-order valence-corrected chi connectivity index (χ2v) is 3.55. The van der Waals surface area contributed by atoms with Gasteiger partial charge in [-0.3, -0.25) is 4.79 Å². The fourth-order valence-corrected chi connectivity index (χ4v) is 1.36. The van der Waals surface area contributed by atoms with E-state index in [1.165, 1.54) is 20.3 Å². The number of hydrogen-bond donors (Lipinski definition) is 1. The van der Waals surface area contributed by atoms with Gasteiger partial charge >= 0.3 is 0 Å². The fraction of sp³-hybridized carbons (Fsp3) is 0.417. The van der Waals surface area contributed by atoms with Crippen LogP contribution in [0.1, 0.15) is 15.9 Å². The van der Waals surface area contributed by atoms with Crippen LogP contribution >= 0.6 is 0 Å². The highest BCUT2D eigenvalue weighted by molar-refractivity contribution is 5.94. The van der Waals surface area contributed by atoms with E-state index in [1.807, 2.05) is 0 Å². The zero-order chi connectivity index (χ0) is 12.8. The minimum absolute atomic E-state index is 0.0240. The summed E-state index contributed by atoms with van der Waals surface area (Å²) in [6, 6.07) is 4.68. The molecule has 0 aromatic heterocycles. The molecule has 0 bridgehead atoms. The maximum atomic E-state index is 13.6. The Hall–Kier alpha value is -1.46. The van der Waals surface area contributed by atoms with Gasteiger partial charge in [0, 0.05) is 14.2 Å². The van der Waals surface area contributed by atoms with Crippen LogP contribution in [0.2, 0.25) is 0 Å². The van der Waals surface area contributed by atoms with Crippen molar-refractivity contribution in [2.45, 2.75) is 13.2 Å². The molecule has 1 amide bonds. The molecule has 5 heteroatoms. The predicted molar refractivity (Wildman–Crippen MR) is 61.3 cm³/mol. The van der Waals surface area contributed by atoms with Gasteiger partial charge in [-0.25, -0.2) is 4.39 Å². The first kappa shape index (κ1) is 13.6. The first-order chi connectivity index (χ1) is 8.10. The summed E-state index contributed by atoms with van der Waals surface area (Å²) in [6.45, 7) is 1.78. The highest BCUT2D eigenvalue weighted by Gasteiger charge is 2.14. The van der Waals surface area contributed by atoms with Gasteiger partial charge in [0.05, 0.1) is 12.1 Å². The van der Waals surface area contributed by atoms with Gasteiger partial charge in [-0.05, 0) is 18.6 Å². The Bertz CT molecular complexity index is 391. The van der Waals surface area contributed by atoms with Gasteiger partial charge < -0.3 is 14.8 Å². The molecule has 4 nitrogen and oxygen atoms in total. The summed E-state index contributed by atoms with van der Waals surface area (Å²) in [5, 5.41) is 2.54. The van der Waals surface area contributed by atoms with Gasteiger partial charge in [0.2, 0.25) is 0 Å². The normalized spacial score (nSPS) is 10.6. The molecule has 0 aliphatic heterocycles. The molecule has 0 unspecified atom stereocenters. The number of nitrogens with one attached hydrogen (secondary N) is 1. The van der Waals surface area contributed by atoms with Gasteiger partial charge in [0.1, 0.15) is 5.82 Å². The zero-order valence-corrected chi connectivity index (χ0v) is 10.1. The summed E-state index contributed by atoms with van der Waals surface area (Å²) < 4.78 is 23.4. The minimum atomic E-state index is -0.535. The highest BCUT2D eigenvalue weighted by Crippen LogP contribution is 2.11. The van der Waals surface area contributed by atoms with Crippen LogP contribution in [0.5, 0.6) is 0 Å². The van der Waals surface area contributed by atoms with Crippen LogP contribution < -0.4 is 5.32 Å². The second-order valence-electron chi connectivity index (χ2n) is 3.55. The van der Waals surface area contributed by atoms with Crippen molar-refractivity contribution in [2.24, 2.45) is 0 Å². The summed E-state index contributed by atoms with van der Waals surface area (Å²) in [7, 11) is 2.93. The summed E-state index contributed by atoms with van der Waals surface area (Å²) in [5.41, 5.74) is 0.462. The topological polar surface area (TPSA) is 47.6 Å². The molecule has 0 fully saturated rings. The molecule has 0 aliphatic rings. The van der Waals surface area contributed by atoms with Crippen molar-refractivity contribution >= 4 is 5.91 Å². The molecule has 0 spiro atoms. The Morgan fingerprint density at radius 3 is 2.65 bits per heavy atom. The molecule has 94 valence electrons. The first-order valence-electron chi connectivity index (χ1n) is 5.19. The average molecular weight is 241 g/mol. The molecule has 0 aliphatic carbocycles. The van der Waals surface area contributed by atoms with Gasteiger partial charge in [0.25, 0.3) is 5.91 Å². The second kappa shape index (κ2) is 6.32. The molecule has 0 saturated heterocycles. The SMILES string of the molecule is COC(CNC(=O)c1cccc(C)c1F)OC. The quantitative estimate of drug-likeness (QED) is 0.794. The number of benzene rings is 1. The Kier molecular flexibility index (Phi) is 5.06. The molecule has 17 heavy (non-hydrogen) atoms. The summed E-state index contributed by atoms with van der Waals surface area (Å²) in [4.78, 5) is 11.7. The van der Waals surface area contributed by atoms with Crippen LogP contribution in [0.3, 0.4) is 0 Å². The van der Waals surface area contributed by atoms with Crippen molar-refractivity contribution in [2.75, 3.05) is 20.8 Å². The number of halogens is 1. The number of carbonyl (C=O) groups excluding carboxylic acids is 1. The highest BCUT2D eigenvalue weighted by atomic mass is 19.1. The maximum absolute atomic E-state index is 13.6. The van der Waals surface area contributed by atoms with Crippen LogP contribution in [0.25, 0.3) is 0 Å². The smallest absolute Gasteiger partial charge is 0.254 e. The van der Waals surface area contributed by atoms with E-state index in [0.29, 0.717) is 5.56 Å². The minimum Gasteiger partial charge on any atom is -0.354 e. The van der Waals surface area contributed by atoms with Crippen molar-refractivity contribution in [1.82, 2.24) is 5.32 Å². The Morgan fingerprint density at radius 1 is 1.41 bits per heavy atom. The fourth-order valence-electron chi connectivity index (χ4n) is 1.36. The number of ether oxygens (including phenoxy) is 2. The monoisotopic (exact) mass is 241 g/mol. The van der Waals surface area contributed by atoms with E-state index in [-0.39, 0.29) is 12.1 Å². The molecule has 0 heterocycles. The van der Waals surface area contributed by atoms with Crippen molar-refractivity contribution < 1.29 is 18.7 Å². The number of hydrogen-bond acceptors (Lipinski definition) is 3. The lowest BCUT2D eigenvalue weighted by molar-refractivity contribution is -0.0974. The third kappa shape index (κ3) is 3.51. The number of amides is 1. The number of methoxy groups -OCH3 is 2. The zero-order valence-electron chi connectivity index (χ0n) is 10.1. The van der Waals surface area contributed by atoms with E-state index < -0.39 is 18.0 Å². The Morgan fingerprint density at radius 2 is 2.06 bits per heavy atom. The average Bonchev–Trinajstić information content (AvgIpc) is 2.33. The van der Waals surface area contributed by atoms with Crippen molar-refractivity contribution in [3.63, 3.8) is 0 Å². The van der Waals surface area contributed by atoms with E-state index in [0.717, 1.165) is 0 Å². The molecule has 0 radical (unpaired) electrons. The molecule has 1 rings (SSSR count). The lowest BCUT2D eigenvalue weighted by Crippen LogP contribution is -2.34. The molecular formula is C12H16FNO3. The Balaban J connectivity index is 2.67. The van der Waals surface area contributed by atoms with Gasteiger partial charge in [0.15, 0.2) is 6.29 Å². The largest absolute Gasteiger partial charge is 0.354 e. The van der Waals surface area contributed by atoms with Crippen molar-refractivity contribution in [3.05, 3.63) is 35.1 Å². The molecule has 1 aromatic rings. The van der Waals surface area contributed by atoms with Crippen molar-refractivity contribution in [3.8, 4) is 0 Å². The van der Waals surface area contributed by atoms with Crippen LogP contribution in [-0.4, -0.2) is 33.0 Å². The van der Waals surface area contributed by atoms with Crippen LogP contribution in [0.15, 0.2) is 18.2 Å². The van der Waals surface area contributed by atoms with E-state index in [9.17, 15) is 9.18 Å². The molecule has 1 aromatic carbocycles. The van der Waals surface area contributed by atoms with E-state index in [2.05, 4.69) is 5.32 Å². The standard InChI is InChI=1S/C12H16FNO3/c1-8-5-4-6-9(11(8)13)12(15)14-7-10(16-2)17-3/h4-6,10H,7H2,1-3H3,(H,14,15). The first-order valence-corrected chi connectivity index (χ1v) is 5.19. The lowest BCUT2D eigenvalue weighted by atomic mass is 10.1. The summed E-state index contributed by atoms with van der Waals surface area (Å²) >= 11 is 0. The van der Waals surface area contributed by atoms with Gasteiger partial charge in [-0.1, -0.05) is 12.1 Å². The van der Waals surface area contributed by atoms with Gasteiger partial charge in [-0.2, -0.15) is 0 Å². The van der Waals surface area contributed by atoms with E-state index >= 15 is 0 Å².